The van der Waals surface area contributed by atoms with Crippen molar-refractivity contribution in [3.8, 4) is 0 Å². The molecule has 1 aromatic carbocycles. The Morgan fingerprint density at radius 2 is 2.07 bits per heavy atom. The highest BCUT2D eigenvalue weighted by Crippen LogP contribution is 2.38. The molecule has 0 amide bonds. The molecule has 0 aromatic heterocycles. The Morgan fingerprint density at radius 3 is 3.00 bits per heavy atom. The van der Waals surface area contributed by atoms with Gasteiger partial charge in [0.2, 0.25) is 0 Å². The molecule has 2 atom stereocenters. The zero-order chi connectivity index (χ0) is 9.54. The standard InChI is InChI=1S/C11H10O3/c12-11-13-9-6-5-7-3-1-2-4-8(7)10(9)14-11/h1-4,9-10H,5-6H2. The van der Waals surface area contributed by atoms with Crippen molar-refractivity contribution in [3.63, 3.8) is 0 Å². The van der Waals surface area contributed by atoms with Gasteiger partial charge in [-0.25, -0.2) is 4.79 Å². The maximum absolute atomic E-state index is 11.0. The van der Waals surface area contributed by atoms with Crippen LogP contribution in [0.5, 0.6) is 0 Å². The number of benzene rings is 1. The summed E-state index contributed by atoms with van der Waals surface area (Å²) in [5.41, 5.74) is 2.38. The zero-order valence-electron chi connectivity index (χ0n) is 7.60. The topological polar surface area (TPSA) is 35.5 Å². The minimum Gasteiger partial charge on any atom is -0.427 e. The van der Waals surface area contributed by atoms with E-state index in [9.17, 15) is 4.79 Å². The number of aryl methyl sites for hydroxylation is 1. The Balaban J connectivity index is 2.05. The molecule has 2 unspecified atom stereocenters. The summed E-state index contributed by atoms with van der Waals surface area (Å²) in [5.74, 6) is 0. The van der Waals surface area contributed by atoms with Gasteiger partial charge in [-0.15, -0.1) is 0 Å². The lowest BCUT2D eigenvalue weighted by Gasteiger charge is -2.23. The summed E-state index contributed by atoms with van der Waals surface area (Å²) in [6.07, 6.45) is 1.06. The number of ether oxygens (including phenoxy) is 2. The van der Waals surface area contributed by atoms with Crippen molar-refractivity contribution in [1.82, 2.24) is 0 Å². The van der Waals surface area contributed by atoms with E-state index >= 15 is 0 Å². The van der Waals surface area contributed by atoms with Crippen molar-refractivity contribution >= 4 is 6.16 Å². The SMILES string of the molecule is O=C1OC2CCc3ccccc3C2O1. The fourth-order valence-electron chi connectivity index (χ4n) is 2.20. The van der Waals surface area contributed by atoms with Gasteiger partial charge in [0.15, 0.2) is 6.10 Å². The van der Waals surface area contributed by atoms with E-state index in [1.165, 1.54) is 5.56 Å². The number of fused-ring (bicyclic) bond motifs is 3. The lowest BCUT2D eigenvalue weighted by molar-refractivity contribution is 0.115. The van der Waals surface area contributed by atoms with Crippen molar-refractivity contribution in [2.45, 2.75) is 25.0 Å². The van der Waals surface area contributed by atoms with Gasteiger partial charge in [0, 0.05) is 0 Å². The molecule has 0 N–H and O–H groups in total. The molecule has 1 heterocycles. The number of carbonyl (C=O) groups excluding carboxylic acids is 1. The third kappa shape index (κ3) is 1.02. The number of rotatable bonds is 0. The van der Waals surface area contributed by atoms with Crippen LogP contribution in [0.1, 0.15) is 23.7 Å². The van der Waals surface area contributed by atoms with Crippen LogP contribution in [0.25, 0.3) is 0 Å². The zero-order valence-corrected chi connectivity index (χ0v) is 7.60. The van der Waals surface area contributed by atoms with Gasteiger partial charge in [0.05, 0.1) is 0 Å². The molecule has 14 heavy (non-hydrogen) atoms. The van der Waals surface area contributed by atoms with Gasteiger partial charge in [-0.05, 0) is 24.0 Å². The summed E-state index contributed by atoms with van der Waals surface area (Å²) < 4.78 is 10.2. The first-order valence-corrected chi connectivity index (χ1v) is 4.79. The van der Waals surface area contributed by atoms with Crippen LogP contribution in [0, 0.1) is 0 Å². The van der Waals surface area contributed by atoms with Gasteiger partial charge in [-0.3, -0.25) is 0 Å². The fourth-order valence-corrected chi connectivity index (χ4v) is 2.20. The molecule has 1 aliphatic heterocycles. The number of hydrogen-bond acceptors (Lipinski definition) is 3. The van der Waals surface area contributed by atoms with Gasteiger partial charge in [0.1, 0.15) is 6.10 Å². The molecule has 0 saturated carbocycles. The van der Waals surface area contributed by atoms with E-state index < -0.39 is 6.16 Å². The van der Waals surface area contributed by atoms with Crippen LogP contribution in [0.4, 0.5) is 4.79 Å². The average Bonchev–Trinajstić information content (AvgIpc) is 2.59. The van der Waals surface area contributed by atoms with E-state index in [0.717, 1.165) is 18.4 Å². The predicted octanol–water partition coefficient (Wildman–Crippen LogP) is 2.21. The second kappa shape index (κ2) is 2.74. The van der Waals surface area contributed by atoms with Gasteiger partial charge in [-0.2, -0.15) is 0 Å². The molecule has 1 saturated heterocycles. The van der Waals surface area contributed by atoms with E-state index in [2.05, 4.69) is 6.07 Å². The Kier molecular flexibility index (Phi) is 1.54. The molecule has 2 aliphatic rings. The fraction of sp³-hybridized carbons (Fsp3) is 0.364. The molecule has 0 bridgehead atoms. The lowest BCUT2D eigenvalue weighted by Crippen LogP contribution is -2.22. The molecule has 0 spiro atoms. The van der Waals surface area contributed by atoms with E-state index in [1.54, 1.807) is 0 Å². The van der Waals surface area contributed by atoms with Crippen molar-refractivity contribution in [2.24, 2.45) is 0 Å². The molecule has 3 heteroatoms. The Hall–Kier alpha value is -1.51. The van der Waals surface area contributed by atoms with E-state index in [-0.39, 0.29) is 12.2 Å². The second-order valence-electron chi connectivity index (χ2n) is 3.68. The Bertz CT molecular complexity index is 386. The third-order valence-electron chi connectivity index (χ3n) is 2.87. The average molecular weight is 190 g/mol. The molecular formula is C11H10O3. The summed E-state index contributed by atoms with van der Waals surface area (Å²) in [4.78, 5) is 11.0. The molecule has 72 valence electrons. The monoisotopic (exact) mass is 190 g/mol. The number of carbonyl (C=O) groups is 1. The smallest absolute Gasteiger partial charge is 0.427 e. The first-order chi connectivity index (χ1) is 6.84. The Labute approximate surface area is 81.6 Å². The van der Waals surface area contributed by atoms with Crippen LogP contribution < -0.4 is 0 Å². The molecule has 3 nitrogen and oxygen atoms in total. The van der Waals surface area contributed by atoms with Crippen LogP contribution in [0.3, 0.4) is 0 Å². The minimum absolute atomic E-state index is 0.0719. The number of hydrogen-bond donors (Lipinski definition) is 0. The quantitative estimate of drug-likeness (QED) is 0.588. The second-order valence-corrected chi connectivity index (χ2v) is 3.68. The first kappa shape index (κ1) is 7.85. The molecule has 1 aliphatic carbocycles. The summed E-state index contributed by atoms with van der Waals surface area (Å²) in [6.45, 7) is 0. The van der Waals surface area contributed by atoms with Gasteiger partial charge < -0.3 is 9.47 Å². The highest BCUT2D eigenvalue weighted by molar-refractivity contribution is 5.63. The summed E-state index contributed by atoms with van der Waals surface area (Å²) in [7, 11) is 0. The van der Waals surface area contributed by atoms with E-state index in [0.29, 0.717) is 0 Å². The van der Waals surface area contributed by atoms with Crippen LogP contribution in [0.2, 0.25) is 0 Å². The maximum atomic E-state index is 11.0. The van der Waals surface area contributed by atoms with Crippen molar-refractivity contribution in [1.29, 1.82) is 0 Å². The summed E-state index contributed by atoms with van der Waals surface area (Å²) in [6, 6.07) is 8.07. The molecule has 0 radical (unpaired) electrons. The van der Waals surface area contributed by atoms with E-state index in [4.69, 9.17) is 9.47 Å². The van der Waals surface area contributed by atoms with Crippen LogP contribution in [-0.2, 0) is 15.9 Å². The van der Waals surface area contributed by atoms with Crippen molar-refractivity contribution in [2.75, 3.05) is 0 Å². The van der Waals surface area contributed by atoms with E-state index in [1.807, 2.05) is 18.2 Å². The normalized spacial score (nSPS) is 28.7. The predicted molar refractivity (Wildman–Crippen MR) is 48.9 cm³/mol. The largest absolute Gasteiger partial charge is 0.509 e. The van der Waals surface area contributed by atoms with Gasteiger partial charge in [0.25, 0.3) is 0 Å². The lowest BCUT2D eigenvalue weighted by atomic mass is 9.88. The molecule has 1 aromatic rings. The maximum Gasteiger partial charge on any atom is 0.509 e. The summed E-state index contributed by atoms with van der Waals surface area (Å²) >= 11 is 0. The van der Waals surface area contributed by atoms with Crippen molar-refractivity contribution < 1.29 is 14.3 Å². The van der Waals surface area contributed by atoms with Crippen LogP contribution in [0.15, 0.2) is 24.3 Å². The molecule has 3 rings (SSSR count). The van der Waals surface area contributed by atoms with Crippen molar-refractivity contribution in [3.05, 3.63) is 35.4 Å². The van der Waals surface area contributed by atoms with Gasteiger partial charge in [-0.1, -0.05) is 24.3 Å². The van der Waals surface area contributed by atoms with Crippen LogP contribution >= 0.6 is 0 Å². The van der Waals surface area contributed by atoms with Crippen LogP contribution in [-0.4, -0.2) is 12.3 Å². The molecular weight excluding hydrogens is 180 g/mol. The molecule has 1 fully saturated rings. The highest BCUT2D eigenvalue weighted by Gasteiger charge is 2.41. The highest BCUT2D eigenvalue weighted by atomic mass is 16.8. The Morgan fingerprint density at radius 1 is 1.21 bits per heavy atom. The minimum atomic E-state index is -0.531. The first-order valence-electron chi connectivity index (χ1n) is 4.79. The summed E-state index contributed by atoms with van der Waals surface area (Å²) in [5, 5.41) is 0. The third-order valence-corrected chi connectivity index (χ3v) is 2.87. The van der Waals surface area contributed by atoms with Gasteiger partial charge >= 0.3 is 6.16 Å².